The number of thioether (sulfide) groups is 1. The molecule has 2 aromatic rings. The van der Waals surface area contributed by atoms with E-state index in [4.69, 9.17) is 11.6 Å². The number of nitrogens with zero attached hydrogens (tertiary/aromatic N) is 3. The zero-order chi connectivity index (χ0) is 19.1. The van der Waals surface area contributed by atoms with Gasteiger partial charge in [-0.1, -0.05) is 11.6 Å². The first-order valence-corrected chi connectivity index (χ1v) is 9.60. The molecule has 0 saturated heterocycles. The van der Waals surface area contributed by atoms with Crippen LogP contribution >= 0.6 is 23.4 Å². The molecule has 7 nitrogen and oxygen atoms in total. The topological polar surface area (TPSA) is 84.3 Å². The van der Waals surface area contributed by atoms with Crippen molar-refractivity contribution in [1.29, 1.82) is 0 Å². The fraction of sp³-hybridized carbons (Fsp3) is 0.294. The van der Waals surface area contributed by atoms with Gasteiger partial charge < -0.3 is 10.2 Å². The molecule has 2 amide bonds. The van der Waals surface area contributed by atoms with Gasteiger partial charge in [0.15, 0.2) is 0 Å². The van der Waals surface area contributed by atoms with Gasteiger partial charge in [0.05, 0.1) is 27.6 Å². The van der Waals surface area contributed by atoms with Crippen LogP contribution in [0.25, 0.3) is 0 Å². The molecule has 0 radical (unpaired) electrons. The Morgan fingerprint density at radius 1 is 1.37 bits per heavy atom. The van der Waals surface area contributed by atoms with E-state index in [2.05, 4.69) is 10.4 Å². The van der Waals surface area contributed by atoms with E-state index in [1.807, 2.05) is 0 Å². The molecule has 1 N–H and O–H groups in total. The molecular weight excluding hydrogens is 395 g/mol. The molecule has 1 aromatic heterocycles. The van der Waals surface area contributed by atoms with Crippen LogP contribution in [0.15, 0.2) is 34.1 Å². The highest BCUT2D eigenvalue weighted by molar-refractivity contribution is 8.00. The predicted molar refractivity (Wildman–Crippen MR) is 99.8 cm³/mol. The third kappa shape index (κ3) is 3.57. The maximum Gasteiger partial charge on any atom is 0.292 e. The summed E-state index contributed by atoms with van der Waals surface area (Å²) in [6.07, 6.45) is 3.23. The van der Waals surface area contributed by atoms with Gasteiger partial charge in [-0.2, -0.15) is 5.10 Å². The number of amides is 2. The molecule has 1 fully saturated rings. The lowest BCUT2D eigenvalue weighted by Crippen LogP contribution is -2.43. The minimum atomic E-state index is -0.536. The molecule has 2 aliphatic rings. The molecule has 140 valence electrons. The Hall–Kier alpha value is -2.39. The number of carbonyl (C=O) groups is 2. The highest BCUT2D eigenvalue weighted by Gasteiger charge is 2.39. The van der Waals surface area contributed by atoms with E-state index in [0.717, 1.165) is 23.6 Å². The van der Waals surface area contributed by atoms with Crippen molar-refractivity contribution >= 4 is 46.6 Å². The Morgan fingerprint density at radius 2 is 2.15 bits per heavy atom. The molecule has 1 saturated carbocycles. The van der Waals surface area contributed by atoms with Crippen LogP contribution in [-0.2, 0) is 16.1 Å². The molecule has 27 heavy (non-hydrogen) atoms. The van der Waals surface area contributed by atoms with Crippen molar-refractivity contribution in [3.8, 4) is 0 Å². The van der Waals surface area contributed by atoms with Gasteiger partial charge in [-0.3, -0.25) is 14.4 Å². The molecule has 10 heteroatoms. The molecule has 1 aliphatic carbocycles. The maximum absolute atomic E-state index is 13.1. The summed E-state index contributed by atoms with van der Waals surface area (Å²) >= 11 is 7.17. The van der Waals surface area contributed by atoms with Crippen LogP contribution in [0.1, 0.15) is 12.8 Å². The Bertz CT molecular complexity index is 1010. The second-order valence-corrected chi connectivity index (χ2v) is 7.70. The highest BCUT2D eigenvalue weighted by Crippen LogP contribution is 2.39. The van der Waals surface area contributed by atoms with Crippen molar-refractivity contribution in [2.24, 2.45) is 0 Å². The molecule has 1 aliphatic heterocycles. The standard InChI is InChI=1S/C17H14ClFN4O3S/c18-11-5-9(19)1-4-12(11)21-14(24)7-22-17(26)16-13(6-20-22)27-8-15(25)23(16)10-2-3-10/h1,4-6,10H,2-3,7-8H2,(H,21,24). The summed E-state index contributed by atoms with van der Waals surface area (Å²) < 4.78 is 14.1. The Morgan fingerprint density at radius 3 is 2.85 bits per heavy atom. The zero-order valence-electron chi connectivity index (χ0n) is 13.9. The SMILES string of the molecule is O=C(Cn1ncc2c(c1=O)N(C1CC1)C(=O)CS2)Nc1ccc(F)cc1Cl. The summed E-state index contributed by atoms with van der Waals surface area (Å²) in [6, 6.07) is 3.63. The first-order valence-electron chi connectivity index (χ1n) is 8.24. The van der Waals surface area contributed by atoms with Crippen LogP contribution in [-0.4, -0.2) is 33.4 Å². The van der Waals surface area contributed by atoms with E-state index >= 15 is 0 Å². The number of halogens is 2. The average Bonchev–Trinajstić information content (AvgIpc) is 3.45. The monoisotopic (exact) mass is 408 g/mol. The summed E-state index contributed by atoms with van der Waals surface area (Å²) in [4.78, 5) is 39.5. The summed E-state index contributed by atoms with van der Waals surface area (Å²) in [7, 11) is 0. The molecule has 0 spiro atoms. The summed E-state index contributed by atoms with van der Waals surface area (Å²) in [6.45, 7) is -0.350. The van der Waals surface area contributed by atoms with Gasteiger partial charge >= 0.3 is 0 Å². The number of benzene rings is 1. The van der Waals surface area contributed by atoms with Crippen molar-refractivity contribution in [2.75, 3.05) is 16.0 Å². The number of nitrogens with one attached hydrogen (secondary N) is 1. The van der Waals surface area contributed by atoms with E-state index in [1.165, 1.54) is 30.1 Å². The van der Waals surface area contributed by atoms with E-state index < -0.39 is 17.3 Å². The largest absolute Gasteiger partial charge is 0.323 e. The van der Waals surface area contributed by atoms with Crippen LogP contribution in [0.5, 0.6) is 0 Å². The smallest absolute Gasteiger partial charge is 0.292 e. The van der Waals surface area contributed by atoms with E-state index in [0.29, 0.717) is 10.6 Å². The van der Waals surface area contributed by atoms with Gasteiger partial charge in [0.2, 0.25) is 11.8 Å². The van der Waals surface area contributed by atoms with Gasteiger partial charge in [0, 0.05) is 6.04 Å². The molecule has 2 heterocycles. The molecule has 0 unspecified atom stereocenters. The molecule has 0 bridgehead atoms. The van der Waals surface area contributed by atoms with Crippen LogP contribution in [0.2, 0.25) is 5.02 Å². The number of fused-ring (bicyclic) bond motifs is 1. The maximum atomic E-state index is 13.1. The summed E-state index contributed by atoms with van der Waals surface area (Å²) in [5, 5.41) is 6.62. The minimum Gasteiger partial charge on any atom is -0.323 e. The second-order valence-electron chi connectivity index (χ2n) is 6.28. The number of hydrogen-bond donors (Lipinski definition) is 1. The van der Waals surface area contributed by atoms with E-state index in [9.17, 15) is 18.8 Å². The predicted octanol–water partition coefficient (Wildman–Crippen LogP) is 2.28. The van der Waals surface area contributed by atoms with Crippen LogP contribution in [0.4, 0.5) is 15.8 Å². The van der Waals surface area contributed by atoms with Crippen LogP contribution in [0.3, 0.4) is 0 Å². The number of carbonyl (C=O) groups excluding carboxylic acids is 2. The van der Waals surface area contributed by atoms with Gasteiger partial charge in [-0.15, -0.1) is 11.8 Å². The van der Waals surface area contributed by atoms with Gasteiger partial charge in [-0.05, 0) is 31.0 Å². The molecular formula is C17H14ClFN4O3S. The van der Waals surface area contributed by atoms with Gasteiger partial charge in [0.1, 0.15) is 18.0 Å². The lowest BCUT2D eigenvalue weighted by Gasteiger charge is -2.28. The van der Waals surface area contributed by atoms with E-state index in [1.54, 1.807) is 4.90 Å². The molecule has 0 atom stereocenters. The number of anilines is 2. The third-order valence-corrected chi connectivity index (χ3v) is 5.57. The minimum absolute atomic E-state index is 0.0487. The fourth-order valence-corrected chi connectivity index (χ4v) is 3.95. The van der Waals surface area contributed by atoms with Crippen molar-refractivity contribution < 1.29 is 14.0 Å². The zero-order valence-corrected chi connectivity index (χ0v) is 15.5. The van der Waals surface area contributed by atoms with Gasteiger partial charge in [0.25, 0.3) is 5.56 Å². The van der Waals surface area contributed by atoms with Crippen LogP contribution < -0.4 is 15.8 Å². The summed E-state index contributed by atoms with van der Waals surface area (Å²) in [5.74, 6) is -0.885. The first kappa shape index (κ1) is 18.0. The van der Waals surface area contributed by atoms with Crippen LogP contribution in [0, 0.1) is 5.82 Å². The van der Waals surface area contributed by atoms with E-state index in [-0.39, 0.29) is 35.0 Å². The number of rotatable bonds is 4. The lowest BCUT2D eigenvalue weighted by atomic mass is 10.3. The van der Waals surface area contributed by atoms with Crippen molar-refractivity contribution in [3.63, 3.8) is 0 Å². The van der Waals surface area contributed by atoms with Gasteiger partial charge in [-0.25, -0.2) is 9.07 Å². The highest BCUT2D eigenvalue weighted by atomic mass is 35.5. The molecule has 4 rings (SSSR count). The number of hydrogen-bond acceptors (Lipinski definition) is 5. The first-order chi connectivity index (χ1) is 12.9. The normalized spacial score (nSPS) is 16.2. The quantitative estimate of drug-likeness (QED) is 0.839. The molecule has 1 aromatic carbocycles. The lowest BCUT2D eigenvalue weighted by molar-refractivity contribution is -0.117. The van der Waals surface area contributed by atoms with Crippen molar-refractivity contribution in [3.05, 3.63) is 45.6 Å². The number of aromatic nitrogens is 2. The fourth-order valence-electron chi connectivity index (χ4n) is 2.87. The van der Waals surface area contributed by atoms with Crippen molar-refractivity contribution in [2.45, 2.75) is 30.3 Å². The average molecular weight is 409 g/mol. The van der Waals surface area contributed by atoms with Crippen molar-refractivity contribution in [1.82, 2.24) is 9.78 Å². The Balaban J connectivity index is 1.59. The summed E-state index contributed by atoms with van der Waals surface area (Å²) in [5.41, 5.74) is 0.0427. The Kier molecular flexibility index (Phi) is 4.65. The third-order valence-electron chi connectivity index (χ3n) is 4.26. The second kappa shape index (κ2) is 6.97. The Labute approximate surface area is 162 Å².